The van der Waals surface area contributed by atoms with Gasteiger partial charge in [-0.2, -0.15) is 0 Å². The number of nitrogens with one attached hydrogen (secondary N) is 2. The zero-order valence-corrected chi connectivity index (χ0v) is 13.2. The maximum atomic E-state index is 11.8. The molecule has 0 unspecified atom stereocenters. The molecule has 22 heavy (non-hydrogen) atoms. The third-order valence-corrected chi connectivity index (χ3v) is 2.98. The molecular formula is C16H22N2O4. The summed E-state index contributed by atoms with van der Waals surface area (Å²) in [5.74, 6) is -0.754. The molecule has 120 valence electrons. The van der Waals surface area contributed by atoms with Crippen LogP contribution in [0, 0.1) is 6.92 Å². The molecule has 0 heterocycles. The molecule has 1 rings (SSSR count). The highest BCUT2D eigenvalue weighted by Gasteiger charge is 2.09. The third-order valence-electron chi connectivity index (χ3n) is 2.98. The maximum absolute atomic E-state index is 11.8. The smallest absolute Gasteiger partial charge is 0.306 e. The van der Waals surface area contributed by atoms with E-state index in [0.29, 0.717) is 24.4 Å². The number of esters is 1. The van der Waals surface area contributed by atoms with Gasteiger partial charge in [0, 0.05) is 24.2 Å². The first-order valence-corrected chi connectivity index (χ1v) is 7.32. The van der Waals surface area contributed by atoms with Gasteiger partial charge in [-0.15, -0.1) is 0 Å². The van der Waals surface area contributed by atoms with Gasteiger partial charge < -0.3 is 15.4 Å². The summed E-state index contributed by atoms with van der Waals surface area (Å²) in [6.45, 7) is 5.67. The van der Waals surface area contributed by atoms with Crippen LogP contribution < -0.4 is 10.6 Å². The summed E-state index contributed by atoms with van der Waals surface area (Å²) in [4.78, 5) is 34.4. The van der Waals surface area contributed by atoms with Crippen LogP contribution in [0.5, 0.6) is 0 Å². The summed E-state index contributed by atoms with van der Waals surface area (Å²) >= 11 is 0. The van der Waals surface area contributed by atoms with E-state index in [9.17, 15) is 14.4 Å². The molecule has 1 aromatic carbocycles. The summed E-state index contributed by atoms with van der Waals surface area (Å²) in [6, 6.07) is 5.26. The Morgan fingerprint density at radius 2 is 1.77 bits per heavy atom. The lowest BCUT2D eigenvalue weighted by atomic mass is 10.1. The highest BCUT2D eigenvalue weighted by Crippen LogP contribution is 2.20. The lowest BCUT2D eigenvalue weighted by Gasteiger charge is -2.11. The largest absolute Gasteiger partial charge is 0.466 e. The van der Waals surface area contributed by atoms with Gasteiger partial charge in [-0.05, 0) is 31.5 Å². The standard InChI is InChI=1S/C16H22N2O4/c1-4-14(19)18-13-10-12(7-6-11(13)3)17-15(20)8-9-16(21)22-5-2/h6-7,10H,4-5,8-9H2,1-3H3,(H,17,20)(H,18,19). The second-order valence-electron chi connectivity index (χ2n) is 4.78. The van der Waals surface area contributed by atoms with Crippen LogP contribution in [0.2, 0.25) is 0 Å². The Kier molecular flexibility index (Phi) is 7.08. The highest BCUT2D eigenvalue weighted by molar-refractivity contribution is 5.95. The van der Waals surface area contributed by atoms with E-state index in [1.165, 1.54) is 0 Å². The fourth-order valence-corrected chi connectivity index (χ4v) is 1.75. The Labute approximate surface area is 130 Å². The monoisotopic (exact) mass is 306 g/mol. The maximum Gasteiger partial charge on any atom is 0.306 e. The van der Waals surface area contributed by atoms with Crippen LogP contribution in [-0.2, 0) is 19.1 Å². The molecule has 0 atom stereocenters. The number of rotatable bonds is 7. The molecule has 0 aliphatic rings. The Hall–Kier alpha value is -2.37. The van der Waals surface area contributed by atoms with Crippen molar-refractivity contribution in [3.05, 3.63) is 23.8 Å². The minimum atomic E-state index is -0.391. The van der Waals surface area contributed by atoms with Crippen molar-refractivity contribution >= 4 is 29.2 Å². The third kappa shape index (κ3) is 5.95. The van der Waals surface area contributed by atoms with Crippen molar-refractivity contribution in [3.63, 3.8) is 0 Å². The number of carbonyl (C=O) groups excluding carboxylic acids is 3. The van der Waals surface area contributed by atoms with Gasteiger partial charge in [0.15, 0.2) is 0 Å². The molecule has 0 fully saturated rings. The summed E-state index contributed by atoms with van der Waals surface area (Å²) < 4.78 is 4.77. The number of anilines is 2. The van der Waals surface area contributed by atoms with E-state index in [2.05, 4.69) is 10.6 Å². The first kappa shape index (κ1) is 17.7. The predicted octanol–water partition coefficient (Wildman–Crippen LogP) is 2.63. The average Bonchev–Trinajstić information content (AvgIpc) is 2.48. The zero-order chi connectivity index (χ0) is 16.5. The molecule has 0 aromatic heterocycles. The number of hydrogen-bond donors (Lipinski definition) is 2. The Morgan fingerprint density at radius 1 is 1.05 bits per heavy atom. The lowest BCUT2D eigenvalue weighted by Crippen LogP contribution is -2.15. The minimum Gasteiger partial charge on any atom is -0.466 e. The van der Waals surface area contributed by atoms with Crippen molar-refractivity contribution in [2.24, 2.45) is 0 Å². The summed E-state index contributed by atoms with van der Waals surface area (Å²) in [7, 11) is 0. The average molecular weight is 306 g/mol. The van der Waals surface area contributed by atoms with Crippen molar-refractivity contribution in [2.75, 3.05) is 17.2 Å². The van der Waals surface area contributed by atoms with Crippen molar-refractivity contribution in [3.8, 4) is 0 Å². The van der Waals surface area contributed by atoms with Gasteiger partial charge in [0.1, 0.15) is 0 Å². The highest BCUT2D eigenvalue weighted by atomic mass is 16.5. The van der Waals surface area contributed by atoms with Crippen LogP contribution in [-0.4, -0.2) is 24.4 Å². The zero-order valence-electron chi connectivity index (χ0n) is 13.2. The van der Waals surface area contributed by atoms with E-state index in [4.69, 9.17) is 4.74 Å². The molecule has 1 aromatic rings. The van der Waals surface area contributed by atoms with Gasteiger partial charge in [0.25, 0.3) is 0 Å². The molecule has 0 saturated carbocycles. The molecule has 0 bridgehead atoms. The summed E-state index contributed by atoms with van der Waals surface area (Å²) in [6.07, 6.45) is 0.490. The topological polar surface area (TPSA) is 84.5 Å². The number of carbonyl (C=O) groups is 3. The second-order valence-corrected chi connectivity index (χ2v) is 4.78. The molecule has 0 spiro atoms. The fourth-order valence-electron chi connectivity index (χ4n) is 1.75. The van der Waals surface area contributed by atoms with Crippen LogP contribution >= 0.6 is 0 Å². The van der Waals surface area contributed by atoms with E-state index in [1.807, 2.05) is 13.0 Å². The van der Waals surface area contributed by atoms with E-state index in [-0.39, 0.29) is 24.7 Å². The van der Waals surface area contributed by atoms with Crippen LogP contribution in [0.4, 0.5) is 11.4 Å². The number of aryl methyl sites for hydroxylation is 1. The normalized spacial score (nSPS) is 9.95. The second kappa shape index (κ2) is 8.81. The lowest BCUT2D eigenvalue weighted by molar-refractivity contribution is -0.144. The summed E-state index contributed by atoms with van der Waals surface area (Å²) in [5, 5.41) is 5.48. The Morgan fingerprint density at radius 3 is 2.41 bits per heavy atom. The quantitative estimate of drug-likeness (QED) is 0.758. The first-order valence-electron chi connectivity index (χ1n) is 7.32. The van der Waals surface area contributed by atoms with Crippen LogP contribution in [0.1, 0.15) is 38.7 Å². The molecule has 6 nitrogen and oxygen atoms in total. The van der Waals surface area contributed by atoms with Gasteiger partial charge in [0.2, 0.25) is 11.8 Å². The van der Waals surface area contributed by atoms with Crippen LogP contribution in [0.25, 0.3) is 0 Å². The van der Waals surface area contributed by atoms with Gasteiger partial charge >= 0.3 is 5.97 Å². The van der Waals surface area contributed by atoms with E-state index in [1.54, 1.807) is 26.0 Å². The Balaban J connectivity index is 2.61. The Bertz CT molecular complexity index is 555. The van der Waals surface area contributed by atoms with Gasteiger partial charge in [-0.3, -0.25) is 14.4 Å². The number of benzene rings is 1. The van der Waals surface area contributed by atoms with Crippen LogP contribution in [0.15, 0.2) is 18.2 Å². The van der Waals surface area contributed by atoms with E-state index in [0.717, 1.165) is 5.56 Å². The van der Waals surface area contributed by atoms with E-state index >= 15 is 0 Å². The van der Waals surface area contributed by atoms with Gasteiger partial charge in [-0.1, -0.05) is 13.0 Å². The summed E-state index contributed by atoms with van der Waals surface area (Å²) in [5.41, 5.74) is 2.15. The molecule has 0 aliphatic heterocycles. The van der Waals surface area contributed by atoms with Crippen molar-refractivity contribution < 1.29 is 19.1 Å². The number of amides is 2. The molecule has 2 N–H and O–H groups in total. The molecule has 0 aliphatic carbocycles. The van der Waals surface area contributed by atoms with Crippen molar-refractivity contribution in [1.82, 2.24) is 0 Å². The number of ether oxygens (including phenoxy) is 1. The number of hydrogen-bond acceptors (Lipinski definition) is 4. The molecule has 0 radical (unpaired) electrons. The van der Waals surface area contributed by atoms with Crippen molar-refractivity contribution in [1.29, 1.82) is 0 Å². The molecule has 6 heteroatoms. The van der Waals surface area contributed by atoms with Gasteiger partial charge in [-0.25, -0.2) is 0 Å². The van der Waals surface area contributed by atoms with Crippen molar-refractivity contribution in [2.45, 2.75) is 40.0 Å². The van der Waals surface area contributed by atoms with Gasteiger partial charge in [0.05, 0.1) is 13.0 Å². The molecule has 2 amide bonds. The SMILES string of the molecule is CCOC(=O)CCC(=O)Nc1ccc(C)c(NC(=O)CC)c1. The minimum absolute atomic E-state index is 0.0466. The van der Waals surface area contributed by atoms with Crippen LogP contribution in [0.3, 0.4) is 0 Å². The first-order chi connectivity index (χ1) is 10.5. The molecule has 0 saturated heterocycles. The fraction of sp³-hybridized carbons (Fsp3) is 0.438. The molecular weight excluding hydrogens is 284 g/mol. The van der Waals surface area contributed by atoms with E-state index < -0.39 is 5.97 Å². The predicted molar refractivity (Wildman–Crippen MR) is 84.6 cm³/mol.